The Morgan fingerprint density at radius 1 is 1.08 bits per heavy atom. The largest absolute Gasteiger partial charge is 0.320 e. The summed E-state index contributed by atoms with van der Waals surface area (Å²) in [6.45, 7) is 3.43. The molecule has 1 unspecified atom stereocenters. The van der Waals surface area contributed by atoms with Gasteiger partial charge in [-0.1, -0.05) is 36.0 Å². The van der Waals surface area contributed by atoms with Gasteiger partial charge in [-0.05, 0) is 32.0 Å². The van der Waals surface area contributed by atoms with Crippen molar-refractivity contribution in [3.05, 3.63) is 59.9 Å². The number of hydrogen-bond donors (Lipinski definition) is 1. The van der Waals surface area contributed by atoms with E-state index in [1.165, 1.54) is 17.8 Å². The average molecular weight is 359 g/mol. The maximum absolute atomic E-state index is 13.7. The van der Waals surface area contributed by atoms with Gasteiger partial charge < -0.3 is 5.32 Å². The number of anilines is 1. The topological polar surface area (TPSA) is 54.9 Å². The van der Waals surface area contributed by atoms with Crippen LogP contribution in [0.5, 0.6) is 0 Å². The van der Waals surface area contributed by atoms with Crippen molar-refractivity contribution in [1.29, 1.82) is 0 Å². The lowest BCUT2D eigenvalue weighted by atomic mass is 10.2. The Kier molecular flexibility index (Phi) is 4.94. The van der Waals surface area contributed by atoms with Crippen LogP contribution in [-0.4, -0.2) is 21.1 Å². The first-order valence-corrected chi connectivity index (χ1v) is 8.48. The zero-order chi connectivity index (χ0) is 18.0. The van der Waals surface area contributed by atoms with E-state index in [9.17, 15) is 13.6 Å². The van der Waals surface area contributed by atoms with E-state index in [1.54, 1.807) is 13.8 Å². The first-order chi connectivity index (χ1) is 12.0. The monoisotopic (exact) mass is 359 g/mol. The van der Waals surface area contributed by atoms with E-state index in [0.29, 0.717) is 10.9 Å². The van der Waals surface area contributed by atoms with Crippen LogP contribution in [0, 0.1) is 18.6 Å². The highest BCUT2D eigenvalue weighted by molar-refractivity contribution is 8.00. The number of halogens is 2. The van der Waals surface area contributed by atoms with Gasteiger partial charge in [0.05, 0.1) is 10.8 Å². The Morgan fingerprint density at radius 2 is 1.76 bits per heavy atom. The second-order valence-electron chi connectivity index (χ2n) is 5.44. The fraction of sp³-hybridized carbons (Fsp3) is 0.167. The van der Waals surface area contributed by atoms with E-state index in [1.807, 2.05) is 24.3 Å². The van der Waals surface area contributed by atoms with Crippen LogP contribution in [0.15, 0.2) is 47.5 Å². The number of aryl methyl sites for hydroxylation is 1. The molecule has 0 radical (unpaired) electrons. The smallest absolute Gasteiger partial charge is 0.237 e. The zero-order valence-corrected chi connectivity index (χ0v) is 14.4. The first kappa shape index (κ1) is 17.3. The third kappa shape index (κ3) is 3.76. The van der Waals surface area contributed by atoms with Crippen LogP contribution in [0.3, 0.4) is 0 Å². The summed E-state index contributed by atoms with van der Waals surface area (Å²) in [7, 11) is 0. The maximum atomic E-state index is 13.7. The molecular weight excluding hydrogens is 344 g/mol. The number of nitrogens with one attached hydrogen (secondary N) is 1. The number of benzene rings is 2. The highest BCUT2D eigenvalue weighted by atomic mass is 32.2. The molecule has 128 valence electrons. The van der Waals surface area contributed by atoms with Crippen molar-refractivity contribution >= 4 is 34.3 Å². The predicted molar refractivity (Wildman–Crippen MR) is 94.6 cm³/mol. The summed E-state index contributed by atoms with van der Waals surface area (Å²) < 4.78 is 27.4. The molecule has 0 aliphatic carbocycles. The molecule has 1 N–H and O–H groups in total. The van der Waals surface area contributed by atoms with Gasteiger partial charge in [-0.2, -0.15) is 0 Å². The van der Waals surface area contributed by atoms with Gasteiger partial charge >= 0.3 is 0 Å². The van der Waals surface area contributed by atoms with Gasteiger partial charge in [0, 0.05) is 5.39 Å². The summed E-state index contributed by atoms with van der Waals surface area (Å²) in [5, 5.41) is 3.19. The van der Waals surface area contributed by atoms with Gasteiger partial charge in [0.25, 0.3) is 0 Å². The minimum absolute atomic E-state index is 0.441. The van der Waals surface area contributed by atoms with Crippen LogP contribution in [0.4, 0.5) is 14.5 Å². The van der Waals surface area contributed by atoms with Crippen molar-refractivity contribution in [2.75, 3.05) is 5.32 Å². The molecule has 4 nitrogen and oxygen atoms in total. The number of nitrogens with zero attached hydrogens (tertiary/aromatic N) is 2. The normalized spacial score (nSPS) is 12.2. The van der Waals surface area contributed by atoms with Gasteiger partial charge in [-0.25, -0.2) is 18.7 Å². The van der Waals surface area contributed by atoms with Crippen molar-refractivity contribution in [2.45, 2.75) is 24.1 Å². The van der Waals surface area contributed by atoms with Crippen molar-refractivity contribution in [1.82, 2.24) is 9.97 Å². The SMILES string of the molecule is Cc1nc(SC(C)C(=O)Nc2c(F)cccc2F)c2ccccc2n1. The summed E-state index contributed by atoms with van der Waals surface area (Å²) in [5.74, 6) is -1.54. The fourth-order valence-electron chi connectivity index (χ4n) is 2.31. The lowest BCUT2D eigenvalue weighted by Crippen LogP contribution is -2.23. The van der Waals surface area contributed by atoms with E-state index in [0.717, 1.165) is 23.0 Å². The molecule has 0 fully saturated rings. The molecule has 1 atom stereocenters. The number of fused-ring (bicyclic) bond motifs is 1. The molecule has 0 saturated heterocycles. The van der Waals surface area contributed by atoms with Crippen LogP contribution < -0.4 is 5.32 Å². The number of carbonyl (C=O) groups is 1. The highest BCUT2D eigenvalue weighted by Gasteiger charge is 2.20. The summed E-state index contributed by atoms with van der Waals surface area (Å²) >= 11 is 1.22. The first-order valence-electron chi connectivity index (χ1n) is 7.60. The highest BCUT2D eigenvalue weighted by Crippen LogP contribution is 2.29. The summed E-state index contributed by atoms with van der Waals surface area (Å²) in [6, 6.07) is 10.9. The number of carbonyl (C=O) groups excluding carboxylic acids is 1. The molecule has 25 heavy (non-hydrogen) atoms. The predicted octanol–water partition coefficient (Wildman–Crippen LogP) is 4.34. The number of aromatic nitrogens is 2. The molecule has 0 aliphatic heterocycles. The molecule has 0 bridgehead atoms. The van der Waals surface area contributed by atoms with Crippen molar-refractivity contribution in [2.24, 2.45) is 0 Å². The summed E-state index contributed by atoms with van der Waals surface area (Å²) in [4.78, 5) is 21.1. The zero-order valence-electron chi connectivity index (χ0n) is 13.6. The third-order valence-corrected chi connectivity index (χ3v) is 4.65. The maximum Gasteiger partial charge on any atom is 0.237 e. The van der Waals surface area contributed by atoms with Gasteiger partial charge in [0.1, 0.15) is 28.2 Å². The van der Waals surface area contributed by atoms with Crippen LogP contribution in [0.1, 0.15) is 12.7 Å². The molecule has 1 heterocycles. The van der Waals surface area contributed by atoms with Gasteiger partial charge in [-0.3, -0.25) is 4.79 Å². The lowest BCUT2D eigenvalue weighted by Gasteiger charge is -2.14. The minimum atomic E-state index is -0.811. The average Bonchev–Trinajstić information content (AvgIpc) is 2.58. The van der Waals surface area contributed by atoms with Gasteiger partial charge in [-0.15, -0.1) is 0 Å². The third-order valence-electron chi connectivity index (χ3n) is 3.55. The molecule has 3 aromatic rings. The standard InChI is InChI=1S/C18H15F2N3OS/c1-10(17(24)23-16-13(19)7-5-8-14(16)20)25-18-12-6-3-4-9-15(12)21-11(2)22-18/h3-10H,1-2H3,(H,23,24). The van der Waals surface area contributed by atoms with Crippen molar-refractivity contribution in [3.63, 3.8) is 0 Å². The van der Waals surface area contributed by atoms with Crippen LogP contribution >= 0.6 is 11.8 Å². The van der Waals surface area contributed by atoms with E-state index in [4.69, 9.17) is 0 Å². The second-order valence-corrected chi connectivity index (χ2v) is 6.77. The molecule has 1 amide bonds. The molecule has 2 aromatic carbocycles. The van der Waals surface area contributed by atoms with Gasteiger partial charge in [0.15, 0.2) is 0 Å². The van der Waals surface area contributed by atoms with Crippen molar-refractivity contribution in [3.8, 4) is 0 Å². The van der Waals surface area contributed by atoms with E-state index in [2.05, 4.69) is 15.3 Å². The van der Waals surface area contributed by atoms with E-state index >= 15 is 0 Å². The Morgan fingerprint density at radius 3 is 2.48 bits per heavy atom. The van der Waals surface area contributed by atoms with Crippen LogP contribution in [0.2, 0.25) is 0 Å². The number of rotatable bonds is 4. The second kappa shape index (κ2) is 7.14. The quantitative estimate of drug-likeness (QED) is 0.556. The molecular formula is C18H15F2N3OS. The Labute approximate surface area is 147 Å². The van der Waals surface area contributed by atoms with Gasteiger partial charge in [0.2, 0.25) is 5.91 Å². The summed E-state index contributed by atoms with van der Waals surface area (Å²) in [6.07, 6.45) is 0. The fourth-order valence-corrected chi connectivity index (χ4v) is 3.30. The Hall–Kier alpha value is -2.54. The number of para-hydroxylation sites is 2. The molecule has 3 rings (SSSR count). The molecule has 7 heteroatoms. The Bertz CT molecular complexity index is 929. The minimum Gasteiger partial charge on any atom is -0.320 e. The lowest BCUT2D eigenvalue weighted by molar-refractivity contribution is -0.115. The van der Waals surface area contributed by atoms with Crippen molar-refractivity contribution < 1.29 is 13.6 Å². The Balaban J connectivity index is 1.83. The molecule has 1 aromatic heterocycles. The number of thioether (sulfide) groups is 1. The van der Waals surface area contributed by atoms with Crippen LogP contribution in [0.25, 0.3) is 10.9 Å². The number of hydrogen-bond acceptors (Lipinski definition) is 4. The molecule has 0 saturated carbocycles. The van der Waals surface area contributed by atoms with E-state index < -0.39 is 28.5 Å². The molecule has 0 aliphatic rings. The molecule has 0 spiro atoms. The van der Waals surface area contributed by atoms with Crippen LogP contribution in [-0.2, 0) is 4.79 Å². The van der Waals surface area contributed by atoms with E-state index in [-0.39, 0.29) is 0 Å². The number of amides is 1. The summed E-state index contributed by atoms with van der Waals surface area (Å²) in [5.41, 5.74) is 0.342.